The van der Waals surface area contributed by atoms with Gasteiger partial charge in [-0.2, -0.15) is 4.37 Å². The van der Waals surface area contributed by atoms with Crippen molar-refractivity contribution in [3.8, 4) is 0 Å². The maximum absolute atomic E-state index is 14.0. The Hall–Kier alpha value is -3.51. The number of hydrogen-bond acceptors (Lipinski definition) is 7. The van der Waals surface area contributed by atoms with Crippen LogP contribution in [-0.4, -0.2) is 47.4 Å². The summed E-state index contributed by atoms with van der Waals surface area (Å²) < 4.78 is 47.0. The molecule has 1 atom stereocenters. The minimum Gasteiger partial charge on any atom is -0.371 e. The van der Waals surface area contributed by atoms with Crippen LogP contribution in [0.15, 0.2) is 66.0 Å². The van der Waals surface area contributed by atoms with Gasteiger partial charge in [-0.05, 0) is 62.2 Å². The van der Waals surface area contributed by atoms with Crippen molar-refractivity contribution in [2.75, 3.05) is 22.7 Å². The third-order valence-corrected chi connectivity index (χ3v) is 8.51. The van der Waals surface area contributed by atoms with Crippen LogP contribution in [0.1, 0.15) is 25.8 Å². The fourth-order valence-corrected chi connectivity index (χ4v) is 6.11. The lowest BCUT2D eigenvalue weighted by atomic mass is 10.0. The van der Waals surface area contributed by atoms with Crippen LogP contribution in [-0.2, 0) is 14.8 Å². The second kappa shape index (κ2) is 9.86. The number of nitrogens with one attached hydrogen (secondary N) is 2. The standard InChI is InChI=1S/C24H25FN6O3S2/c1-16(31-14-11-20-21(25)3-2-4-22(20)31)23(32)28-17-9-12-30(13-10-17)18-5-7-19(8-6-18)36(33,34)29-24-26-15-27-35-24/h2-8,11,14-17H,9-10,12-13H2,1H3,(H,28,32)(H,26,27,29)/t16-/m1/s1. The zero-order valence-electron chi connectivity index (χ0n) is 19.5. The van der Waals surface area contributed by atoms with Crippen molar-refractivity contribution < 1.29 is 17.6 Å². The smallest absolute Gasteiger partial charge is 0.263 e. The zero-order chi connectivity index (χ0) is 25.3. The van der Waals surface area contributed by atoms with Gasteiger partial charge in [0.2, 0.25) is 11.0 Å². The number of hydrogen-bond donors (Lipinski definition) is 2. The predicted octanol–water partition coefficient (Wildman–Crippen LogP) is 3.78. The number of halogens is 1. The summed E-state index contributed by atoms with van der Waals surface area (Å²) in [6, 6.07) is 12.8. The van der Waals surface area contributed by atoms with Crippen LogP contribution in [0.2, 0.25) is 0 Å². The first kappa shape index (κ1) is 24.2. The Bertz CT molecular complexity index is 1460. The minimum atomic E-state index is -3.73. The van der Waals surface area contributed by atoms with E-state index in [-0.39, 0.29) is 27.8 Å². The number of sulfonamides is 1. The molecule has 4 aromatic rings. The quantitative estimate of drug-likeness (QED) is 0.378. The summed E-state index contributed by atoms with van der Waals surface area (Å²) in [5.41, 5.74) is 1.61. The van der Waals surface area contributed by atoms with E-state index in [1.165, 1.54) is 12.4 Å². The molecule has 5 rings (SSSR count). The highest BCUT2D eigenvalue weighted by Gasteiger charge is 2.25. The van der Waals surface area contributed by atoms with E-state index in [9.17, 15) is 17.6 Å². The SMILES string of the molecule is C[C@H](C(=O)NC1CCN(c2ccc(S(=O)(=O)Nc3ncns3)cc2)CC1)n1ccc2c(F)cccc21. The molecule has 1 saturated heterocycles. The van der Waals surface area contributed by atoms with Gasteiger partial charge in [-0.25, -0.2) is 17.8 Å². The fourth-order valence-electron chi connectivity index (χ4n) is 4.45. The van der Waals surface area contributed by atoms with Gasteiger partial charge in [-0.3, -0.25) is 9.52 Å². The molecular weight excluding hydrogens is 503 g/mol. The van der Waals surface area contributed by atoms with Gasteiger partial charge in [0.15, 0.2) is 0 Å². The molecule has 2 aromatic heterocycles. The number of carbonyl (C=O) groups is 1. The van der Waals surface area contributed by atoms with Crippen molar-refractivity contribution in [2.24, 2.45) is 0 Å². The Morgan fingerprint density at radius 2 is 1.89 bits per heavy atom. The largest absolute Gasteiger partial charge is 0.371 e. The molecule has 0 unspecified atom stereocenters. The summed E-state index contributed by atoms with van der Waals surface area (Å²) >= 11 is 0.970. The molecule has 1 amide bonds. The van der Waals surface area contributed by atoms with Crippen LogP contribution < -0.4 is 14.9 Å². The van der Waals surface area contributed by atoms with Crippen molar-refractivity contribution in [3.05, 3.63) is 66.9 Å². The molecule has 2 aromatic carbocycles. The lowest BCUT2D eigenvalue weighted by molar-refractivity contribution is -0.124. The summed E-state index contributed by atoms with van der Waals surface area (Å²) in [5, 5.41) is 3.85. The van der Waals surface area contributed by atoms with Gasteiger partial charge < -0.3 is 14.8 Å². The third-order valence-electron chi connectivity index (χ3n) is 6.44. The van der Waals surface area contributed by atoms with Gasteiger partial charge in [0.05, 0.1) is 10.4 Å². The molecule has 2 N–H and O–H groups in total. The highest BCUT2D eigenvalue weighted by molar-refractivity contribution is 7.93. The van der Waals surface area contributed by atoms with E-state index in [0.29, 0.717) is 10.9 Å². The second-order valence-electron chi connectivity index (χ2n) is 8.69. The molecule has 0 bridgehead atoms. The number of carbonyl (C=O) groups excluding carboxylic acids is 1. The van der Waals surface area contributed by atoms with Crippen LogP contribution in [0, 0.1) is 5.82 Å². The van der Waals surface area contributed by atoms with Gasteiger partial charge in [0.25, 0.3) is 10.0 Å². The van der Waals surface area contributed by atoms with E-state index in [2.05, 4.69) is 24.3 Å². The number of anilines is 2. The molecule has 9 nitrogen and oxygen atoms in total. The van der Waals surface area contributed by atoms with Gasteiger partial charge in [0.1, 0.15) is 18.2 Å². The van der Waals surface area contributed by atoms with Crippen molar-refractivity contribution in [3.63, 3.8) is 0 Å². The minimum absolute atomic E-state index is 0.0329. The molecular formula is C24H25FN6O3S2. The van der Waals surface area contributed by atoms with Crippen molar-refractivity contribution in [1.29, 1.82) is 0 Å². The van der Waals surface area contributed by atoms with Crippen molar-refractivity contribution >= 4 is 49.2 Å². The molecule has 0 aliphatic carbocycles. The van der Waals surface area contributed by atoms with Crippen molar-refractivity contribution in [1.82, 2.24) is 19.2 Å². The second-order valence-corrected chi connectivity index (χ2v) is 11.1. The zero-order valence-corrected chi connectivity index (χ0v) is 21.1. The van der Waals surface area contributed by atoms with E-state index >= 15 is 0 Å². The first-order chi connectivity index (χ1) is 17.3. The van der Waals surface area contributed by atoms with E-state index in [1.54, 1.807) is 47.2 Å². The monoisotopic (exact) mass is 528 g/mol. The number of benzene rings is 2. The van der Waals surface area contributed by atoms with Crippen LogP contribution in [0.3, 0.4) is 0 Å². The molecule has 3 heterocycles. The normalized spacial score (nSPS) is 15.7. The van der Waals surface area contributed by atoms with Crippen LogP contribution >= 0.6 is 11.5 Å². The Morgan fingerprint density at radius 1 is 1.14 bits per heavy atom. The Balaban J connectivity index is 1.17. The van der Waals surface area contributed by atoms with E-state index in [4.69, 9.17) is 0 Å². The number of fused-ring (bicyclic) bond motifs is 1. The maximum atomic E-state index is 14.0. The molecule has 0 radical (unpaired) electrons. The molecule has 36 heavy (non-hydrogen) atoms. The average Bonchev–Trinajstić information content (AvgIpc) is 3.54. The molecule has 188 valence electrons. The van der Waals surface area contributed by atoms with Crippen LogP contribution in [0.4, 0.5) is 15.2 Å². The summed E-state index contributed by atoms with van der Waals surface area (Å²) in [6.07, 6.45) is 4.56. The third kappa shape index (κ3) is 4.91. The molecule has 1 fully saturated rings. The summed E-state index contributed by atoms with van der Waals surface area (Å²) in [5.74, 6) is -0.405. The molecule has 12 heteroatoms. The Morgan fingerprint density at radius 3 is 2.58 bits per heavy atom. The van der Waals surface area contributed by atoms with Crippen molar-refractivity contribution in [2.45, 2.75) is 36.7 Å². The first-order valence-electron chi connectivity index (χ1n) is 11.5. The number of piperidine rings is 1. The summed E-state index contributed by atoms with van der Waals surface area (Å²) in [4.78, 5) is 19.1. The number of nitrogens with zero attached hydrogens (tertiary/aromatic N) is 4. The fraction of sp³-hybridized carbons (Fsp3) is 0.292. The molecule has 0 saturated carbocycles. The van der Waals surface area contributed by atoms with Gasteiger partial charge in [0, 0.05) is 47.9 Å². The van der Waals surface area contributed by atoms with Crippen LogP contribution in [0.5, 0.6) is 0 Å². The highest BCUT2D eigenvalue weighted by atomic mass is 32.2. The topological polar surface area (TPSA) is 109 Å². The average molecular weight is 529 g/mol. The number of rotatable bonds is 7. The maximum Gasteiger partial charge on any atom is 0.263 e. The van der Waals surface area contributed by atoms with E-state index < -0.39 is 16.1 Å². The Kier molecular flexibility index (Phi) is 6.63. The lowest BCUT2D eigenvalue weighted by Crippen LogP contribution is -2.46. The summed E-state index contributed by atoms with van der Waals surface area (Å²) in [7, 11) is -3.73. The molecule has 0 spiro atoms. The molecule has 1 aliphatic rings. The van der Waals surface area contributed by atoms with E-state index in [0.717, 1.165) is 43.2 Å². The number of amides is 1. The lowest BCUT2D eigenvalue weighted by Gasteiger charge is -2.34. The number of aromatic nitrogens is 3. The molecule has 1 aliphatic heterocycles. The Labute approximate surface area is 212 Å². The summed E-state index contributed by atoms with van der Waals surface area (Å²) in [6.45, 7) is 3.27. The van der Waals surface area contributed by atoms with Gasteiger partial charge in [-0.15, -0.1) is 0 Å². The van der Waals surface area contributed by atoms with E-state index in [1.807, 2.05) is 13.0 Å². The predicted molar refractivity (Wildman–Crippen MR) is 137 cm³/mol. The van der Waals surface area contributed by atoms with Gasteiger partial charge in [-0.1, -0.05) is 6.07 Å². The highest BCUT2D eigenvalue weighted by Crippen LogP contribution is 2.25. The van der Waals surface area contributed by atoms with Crippen LogP contribution in [0.25, 0.3) is 10.9 Å². The van der Waals surface area contributed by atoms with Gasteiger partial charge >= 0.3 is 0 Å². The first-order valence-corrected chi connectivity index (χ1v) is 13.8.